The predicted octanol–water partition coefficient (Wildman–Crippen LogP) is 6.28. The summed E-state index contributed by atoms with van der Waals surface area (Å²) in [6.45, 7) is 0.762. The van der Waals surface area contributed by atoms with Crippen molar-refractivity contribution in [1.82, 2.24) is 0 Å². The molecule has 2 nitrogen and oxygen atoms in total. The van der Waals surface area contributed by atoms with Gasteiger partial charge in [0, 0.05) is 11.1 Å². The van der Waals surface area contributed by atoms with Gasteiger partial charge in [0.1, 0.15) is 12.0 Å². The molecule has 0 amide bonds. The lowest BCUT2D eigenvalue weighted by Gasteiger charge is -2.22. The summed E-state index contributed by atoms with van der Waals surface area (Å²) < 4.78 is 6.26. The van der Waals surface area contributed by atoms with Gasteiger partial charge in [0.2, 0.25) is 0 Å². The highest BCUT2D eigenvalue weighted by Gasteiger charge is 2.16. The molecule has 0 unspecified atom stereocenters. The van der Waals surface area contributed by atoms with Crippen LogP contribution in [-0.2, 0) is 0 Å². The van der Waals surface area contributed by atoms with E-state index < -0.39 is 0 Å². The van der Waals surface area contributed by atoms with Gasteiger partial charge >= 0.3 is 0 Å². The van der Waals surface area contributed by atoms with Gasteiger partial charge in [-0.1, -0.05) is 61.7 Å². The van der Waals surface area contributed by atoms with Crippen LogP contribution in [0.4, 0.5) is 0 Å². The minimum atomic E-state index is 0.648. The summed E-state index contributed by atoms with van der Waals surface area (Å²) in [5.41, 5.74) is 2.80. The fraction of sp³-hybridized carbons (Fsp3) is 0.292. The summed E-state index contributed by atoms with van der Waals surface area (Å²) in [6, 6.07) is 20.4. The molecular formula is C24H24O2. The minimum Gasteiger partial charge on any atom is -0.493 e. The van der Waals surface area contributed by atoms with Crippen LogP contribution < -0.4 is 4.74 Å². The predicted molar refractivity (Wildman–Crippen MR) is 107 cm³/mol. The quantitative estimate of drug-likeness (QED) is 0.509. The molecule has 26 heavy (non-hydrogen) atoms. The second-order valence-corrected chi connectivity index (χ2v) is 7.22. The maximum Gasteiger partial charge on any atom is 0.150 e. The van der Waals surface area contributed by atoms with Crippen LogP contribution in [0.25, 0.3) is 21.9 Å². The van der Waals surface area contributed by atoms with Gasteiger partial charge in [0.15, 0.2) is 0 Å². The van der Waals surface area contributed by atoms with E-state index in [-0.39, 0.29) is 0 Å². The molecule has 0 radical (unpaired) electrons. The molecule has 3 aromatic carbocycles. The van der Waals surface area contributed by atoms with Crippen LogP contribution in [0.2, 0.25) is 0 Å². The Morgan fingerprint density at radius 2 is 1.69 bits per heavy atom. The van der Waals surface area contributed by atoms with E-state index >= 15 is 0 Å². The number of aldehydes is 1. The summed E-state index contributed by atoms with van der Waals surface area (Å²) >= 11 is 0. The van der Waals surface area contributed by atoms with E-state index in [4.69, 9.17) is 4.74 Å². The van der Waals surface area contributed by atoms with Gasteiger partial charge in [-0.25, -0.2) is 0 Å². The van der Waals surface area contributed by atoms with Crippen molar-refractivity contribution in [1.29, 1.82) is 0 Å². The lowest BCUT2D eigenvalue weighted by atomic mass is 9.90. The van der Waals surface area contributed by atoms with E-state index in [0.717, 1.165) is 29.8 Å². The van der Waals surface area contributed by atoms with Crippen molar-refractivity contribution in [2.24, 2.45) is 5.92 Å². The smallest absolute Gasteiger partial charge is 0.150 e. The molecular weight excluding hydrogens is 320 g/mol. The monoisotopic (exact) mass is 344 g/mol. The van der Waals surface area contributed by atoms with Crippen LogP contribution in [-0.4, -0.2) is 12.9 Å². The van der Waals surface area contributed by atoms with E-state index in [1.165, 1.54) is 42.9 Å². The Hall–Kier alpha value is -2.61. The summed E-state index contributed by atoms with van der Waals surface area (Å²) in [5.74, 6) is 1.52. The van der Waals surface area contributed by atoms with Gasteiger partial charge in [-0.15, -0.1) is 0 Å². The molecule has 0 aromatic heterocycles. The molecule has 1 aliphatic rings. The molecule has 0 aliphatic heterocycles. The van der Waals surface area contributed by atoms with Crippen molar-refractivity contribution in [2.45, 2.75) is 32.1 Å². The number of rotatable bonds is 5. The number of carbonyl (C=O) groups is 1. The van der Waals surface area contributed by atoms with Crippen molar-refractivity contribution in [3.63, 3.8) is 0 Å². The number of hydrogen-bond acceptors (Lipinski definition) is 2. The number of carbonyl (C=O) groups excluding carboxylic acids is 1. The van der Waals surface area contributed by atoms with Crippen LogP contribution in [0, 0.1) is 5.92 Å². The fourth-order valence-electron chi connectivity index (χ4n) is 3.98. The van der Waals surface area contributed by atoms with Crippen LogP contribution in [0.1, 0.15) is 42.5 Å². The van der Waals surface area contributed by atoms with Gasteiger partial charge in [-0.3, -0.25) is 4.79 Å². The van der Waals surface area contributed by atoms with E-state index in [0.29, 0.717) is 11.5 Å². The van der Waals surface area contributed by atoms with E-state index in [1.807, 2.05) is 18.2 Å². The molecule has 2 heteroatoms. The molecule has 1 fully saturated rings. The SMILES string of the molecule is O=Cc1ccc(OCC2CCCCC2)c(-c2cccc3ccccc23)c1. The number of hydrogen-bond donors (Lipinski definition) is 0. The molecule has 4 rings (SSSR count). The average molecular weight is 344 g/mol. The van der Waals surface area contributed by atoms with Crippen molar-refractivity contribution in [3.05, 3.63) is 66.2 Å². The zero-order valence-corrected chi connectivity index (χ0v) is 15.0. The maximum atomic E-state index is 11.3. The van der Waals surface area contributed by atoms with E-state index in [9.17, 15) is 4.79 Å². The van der Waals surface area contributed by atoms with Crippen LogP contribution in [0.5, 0.6) is 5.75 Å². The minimum absolute atomic E-state index is 0.648. The third kappa shape index (κ3) is 3.50. The Kier molecular flexibility index (Phi) is 5.01. The molecule has 1 aliphatic carbocycles. The maximum absolute atomic E-state index is 11.3. The Labute approximate surface area is 154 Å². The highest BCUT2D eigenvalue weighted by atomic mass is 16.5. The van der Waals surface area contributed by atoms with Gasteiger partial charge in [0.05, 0.1) is 6.61 Å². The normalized spacial score (nSPS) is 15.1. The zero-order valence-electron chi connectivity index (χ0n) is 15.0. The lowest BCUT2D eigenvalue weighted by Crippen LogP contribution is -2.15. The van der Waals surface area contributed by atoms with Crippen molar-refractivity contribution >= 4 is 17.1 Å². The molecule has 0 spiro atoms. The summed E-state index contributed by atoms with van der Waals surface area (Å²) in [5, 5.41) is 2.38. The second-order valence-electron chi connectivity index (χ2n) is 7.22. The standard InChI is InChI=1S/C24H24O2/c25-16-19-13-14-24(26-17-18-7-2-1-3-8-18)23(15-19)22-12-6-10-20-9-4-5-11-21(20)22/h4-6,9-16,18H,1-3,7-8,17H2. The Morgan fingerprint density at radius 3 is 2.54 bits per heavy atom. The molecule has 0 atom stereocenters. The third-order valence-corrected chi connectivity index (χ3v) is 5.42. The Morgan fingerprint density at radius 1 is 0.885 bits per heavy atom. The first-order valence-electron chi connectivity index (χ1n) is 9.55. The number of benzene rings is 3. The molecule has 0 bridgehead atoms. The lowest BCUT2D eigenvalue weighted by molar-refractivity contribution is 0.112. The van der Waals surface area contributed by atoms with Gasteiger partial charge in [-0.2, -0.15) is 0 Å². The van der Waals surface area contributed by atoms with Crippen LogP contribution >= 0.6 is 0 Å². The highest BCUT2D eigenvalue weighted by molar-refractivity contribution is 5.98. The molecule has 3 aromatic rings. The molecule has 0 heterocycles. The Bertz CT molecular complexity index is 902. The third-order valence-electron chi connectivity index (χ3n) is 5.42. The van der Waals surface area contributed by atoms with E-state index in [2.05, 4.69) is 42.5 Å². The molecule has 132 valence electrons. The van der Waals surface area contributed by atoms with Gasteiger partial charge < -0.3 is 4.74 Å². The van der Waals surface area contributed by atoms with Crippen LogP contribution in [0.3, 0.4) is 0 Å². The highest BCUT2D eigenvalue weighted by Crippen LogP contribution is 2.36. The average Bonchev–Trinajstić information content (AvgIpc) is 2.72. The van der Waals surface area contributed by atoms with Gasteiger partial charge in [0.25, 0.3) is 0 Å². The zero-order chi connectivity index (χ0) is 17.8. The summed E-state index contributed by atoms with van der Waals surface area (Å²) in [7, 11) is 0. The van der Waals surface area contributed by atoms with E-state index in [1.54, 1.807) is 0 Å². The van der Waals surface area contributed by atoms with Crippen molar-refractivity contribution in [3.8, 4) is 16.9 Å². The molecule has 1 saturated carbocycles. The molecule has 0 N–H and O–H groups in total. The van der Waals surface area contributed by atoms with Crippen LogP contribution in [0.15, 0.2) is 60.7 Å². The fourth-order valence-corrected chi connectivity index (χ4v) is 3.98. The summed E-state index contributed by atoms with van der Waals surface area (Å²) in [6.07, 6.45) is 7.40. The topological polar surface area (TPSA) is 26.3 Å². The summed E-state index contributed by atoms with van der Waals surface area (Å²) in [4.78, 5) is 11.3. The number of fused-ring (bicyclic) bond motifs is 1. The largest absolute Gasteiger partial charge is 0.493 e. The molecule has 0 saturated heterocycles. The van der Waals surface area contributed by atoms with Crippen molar-refractivity contribution < 1.29 is 9.53 Å². The number of ether oxygens (including phenoxy) is 1. The van der Waals surface area contributed by atoms with Crippen molar-refractivity contribution in [2.75, 3.05) is 6.61 Å². The Balaban J connectivity index is 1.72. The van der Waals surface area contributed by atoms with Gasteiger partial charge in [-0.05, 0) is 53.3 Å². The second kappa shape index (κ2) is 7.74. The first-order valence-corrected chi connectivity index (χ1v) is 9.55. The first kappa shape index (κ1) is 16.8. The first-order chi connectivity index (χ1) is 12.8.